The monoisotopic (exact) mass is 510 g/mol. The van der Waals surface area contributed by atoms with Crippen molar-refractivity contribution < 1.29 is 26.7 Å². The molecule has 11 heteroatoms. The van der Waals surface area contributed by atoms with Crippen LogP contribution in [0.1, 0.15) is 24.0 Å². The highest BCUT2D eigenvalue weighted by Gasteiger charge is 2.35. The van der Waals surface area contributed by atoms with Crippen LogP contribution >= 0.6 is 11.6 Å². The first-order chi connectivity index (χ1) is 16.7. The molecule has 3 aromatic heterocycles. The zero-order valence-corrected chi connectivity index (χ0v) is 19.2. The van der Waals surface area contributed by atoms with Gasteiger partial charge in [0.05, 0.1) is 19.0 Å². The van der Waals surface area contributed by atoms with Gasteiger partial charge in [-0.05, 0) is 55.2 Å². The van der Waals surface area contributed by atoms with Crippen molar-refractivity contribution in [2.75, 3.05) is 19.0 Å². The third-order valence-corrected chi connectivity index (χ3v) is 5.64. The molecule has 0 amide bonds. The van der Waals surface area contributed by atoms with E-state index in [-0.39, 0.29) is 23.2 Å². The second-order valence-electron chi connectivity index (χ2n) is 7.87. The van der Waals surface area contributed by atoms with Crippen molar-refractivity contribution in [1.29, 1.82) is 0 Å². The van der Waals surface area contributed by atoms with Crippen LogP contribution in [-0.4, -0.2) is 28.6 Å². The topological polar surface area (TPSA) is 62.8 Å². The number of alkyl halides is 3. The molecule has 0 spiro atoms. The largest absolute Gasteiger partial charge is 0.481 e. The molecule has 0 saturated heterocycles. The maximum absolute atomic E-state index is 14.8. The number of unbranched alkanes of at least 4 members (excludes halogenated alkanes) is 1. The summed E-state index contributed by atoms with van der Waals surface area (Å²) in [6.07, 6.45) is -0.630. The van der Waals surface area contributed by atoms with E-state index in [2.05, 4.69) is 25.0 Å². The van der Waals surface area contributed by atoms with Crippen molar-refractivity contribution in [3.8, 4) is 17.0 Å². The Bertz CT molecular complexity index is 1360. The van der Waals surface area contributed by atoms with Crippen LogP contribution in [0, 0.1) is 11.6 Å². The average molecular weight is 511 g/mol. The minimum atomic E-state index is -4.60. The van der Waals surface area contributed by atoms with E-state index in [4.69, 9.17) is 11.6 Å². The molecule has 1 aromatic carbocycles. The van der Waals surface area contributed by atoms with E-state index in [0.29, 0.717) is 41.1 Å². The Morgan fingerprint density at radius 2 is 1.80 bits per heavy atom. The van der Waals surface area contributed by atoms with Crippen molar-refractivity contribution in [1.82, 2.24) is 15.0 Å². The first-order valence-corrected chi connectivity index (χ1v) is 11.0. The lowest BCUT2D eigenvalue weighted by Gasteiger charge is -2.13. The number of nitrogens with zero attached hydrogens (tertiary/aromatic N) is 2. The van der Waals surface area contributed by atoms with Crippen LogP contribution in [0.15, 0.2) is 42.7 Å². The molecule has 0 atom stereocenters. The van der Waals surface area contributed by atoms with Crippen molar-refractivity contribution in [3.05, 3.63) is 70.6 Å². The van der Waals surface area contributed by atoms with Crippen molar-refractivity contribution in [3.63, 3.8) is 0 Å². The maximum Gasteiger partial charge on any atom is 0.421 e. The number of aromatic amines is 1. The lowest BCUT2D eigenvalue weighted by Crippen LogP contribution is -2.11. The molecular formula is C24H20ClF5N4O. The Hall–Kier alpha value is -3.40. The Kier molecular flexibility index (Phi) is 7.11. The highest BCUT2D eigenvalue weighted by Crippen LogP contribution is 2.36. The molecule has 0 unspecified atom stereocenters. The fraction of sp³-hybridized carbons (Fsp3) is 0.250. The molecule has 4 aromatic rings. The molecule has 4 rings (SSSR count). The van der Waals surface area contributed by atoms with Gasteiger partial charge in [-0.3, -0.25) is 0 Å². The van der Waals surface area contributed by atoms with Crippen LogP contribution in [0.25, 0.3) is 22.2 Å². The molecule has 0 saturated carbocycles. The summed E-state index contributed by atoms with van der Waals surface area (Å²) in [5.41, 5.74) is 0.490. The number of nitrogens with one attached hydrogen (secondary N) is 2. The number of fused-ring (bicyclic) bond motifs is 1. The molecule has 5 nitrogen and oxygen atoms in total. The predicted octanol–water partition coefficient (Wildman–Crippen LogP) is 7.02. The van der Waals surface area contributed by atoms with Gasteiger partial charge in [-0.15, -0.1) is 0 Å². The van der Waals surface area contributed by atoms with Crippen LogP contribution in [0.4, 0.5) is 27.6 Å². The summed E-state index contributed by atoms with van der Waals surface area (Å²) in [6.45, 7) is 0.332. The molecule has 35 heavy (non-hydrogen) atoms. The number of methoxy groups -OCH3 is 1. The number of anilines is 1. The molecule has 0 aliphatic carbocycles. The zero-order valence-electron chi connectivity index (χ0n) is 18.4. The van der Waals surface area contributed by atoms with Crippen LogP contribution < -0.4 is 10.1 Å². The highest BCUT2D eigenvalue weighted by molar-refractivity contribution is 6.30. The summed E-state index contributed by atoms with van der Waals surface area (Å²) in [6, 6.07) is 6.55. The molecule has 3 heterocycles. The van der Waals surface area contributed by atoms with E-state index in [0.717, 1.165) is 25.3 Å². The number of pyridine rings is 2. The average Bonchev–Trinajstić information content (AvgIpc) is 3.19. The number of halogens is 6. The molecule has 0 aliphatic rings. The first-order valence-electron chi connectivity index (χ1n) is 10.6. The number of aromatic nitrogens is 3. The normalized spacial score (nSPS) is 11.7. The second-order valence-corrected chi connectivity index (χ2v) is 8.27. The molecule has 2 N–H and O–H groups in total. The summed E-state index contributed by atoms with van der Waals surface area (Å²) in [5.74, 6) is -1.63. The Labute approximate surface area is 202 Å². The SMILES string of the molecule is COc1ncc(NCCCCc2cc(F)c(-c3cnc4[nH]c(Cl)cc4c3)cc2F)cc1C(F)(F)F. The standard InChI is InChI=1S/C24H20ClF5N4O/c1-35-23-18(24(28,29)30)9-16(12-33-23)31-5-3-2-4-13-7-20(27)17(10-19(13)26)15-6-14-8-21(25)34-22(14)32-11-15/h6-12,31H,2-5H2,1H3,(H,32,34). The highest BCUT2D eigenvalue weighted by atomic mass is 35.5. The summed E-state index contributed by atoms with van der Waals surface area (Å²) in [4.78, 5) is 10.7. The number of hydrogen-bond acceptors (Lipinski definition) is 4. The molecular weight excluding hydrogens is 491 g/mol. The summed E-state index contributed by atoms with van der Waals surface area (Å²) in [5, 5.41) is 3.94. The van der Waals surface area contributed by atoms with E-state index in [1.165, 1.54) is 12.4 Å². The van der Waals surface area contributed by atoms with E-state index < -0.39 is 29.3 Å². The summed E-state index contributed by atoms with van der Waals surface area (Å²) >= 11 is 5.91. The molecule has 0 radical (unpaired) electrons. The van der Waals surface area contributed by atoms with Gasteiger partial charge in [0.25, 0.3) is 0 Å². The van der Waals surface area contributed by atoms with E-state index in [1.54, 1.807) is 12.1 Å². The lowest BCUT2D eigenvalue weighted by molar-refractivity contribution is -0.139. The minimum absolute atomic E-state index is 0.0899. The Morgan fingerprint density at radius 1 is 1.00 bits per heavy atom. The first kappa shape index (κ1) is 24.7. The van der Waals surface area contributed by atoms with Crippen LogP contribution in [0.2, 0.25) is 5.15 Å². The minimum Gasteiger partial charge on any atom is -0.481 e. The third kappa shape index (κ3) is 5.64. The van der Waals surface area contributed by atoms with Crippen molar-refractivity contribution in [2.24, 2.45) is 0 Å². The van der Waals surface area contributed by atoms with Gasteiger partial charge < -0.3 is 15.0 Å². The number of aryl methyl sites for hydroxylation is 1. The van der Waals surface area contributed by atoms with Gasteiger partial charge in [-0.2, -0.15) is 13.2 Å². The van der Waals surface area contributed by atoms with E-state index in [9.17, 15) is 22.0 Å². The van der Waals surface area contributed by atoms with Crippen LogP contribution in [0.3, 0.4) is 0 Å². The number of rotatable bonds is 8. The lowest BCUT2D eigenvalue weighted by atomic mass is 10.0. The number of ether oxygens (including phenoxy) is 1. The molecule has 0 fully saturated rings. The number of H-pyrrole nitrogens is 1. The van der Waals surface area contributed by atoms with Gasteiger partial charge in [0.15, 0.2) is 0 Å². The van der Waals surface area contributed by atoms with Gasteiger partial charge in [0.2, 0.25) is 5.88 Å². The Morgan fingerprint density at radius 3 is 2.54 bits per heavy atom. The number of hydrogen-bond donors (Lipinski definition) is 2. The number of benzene rings is 1. The zero-order chi connectivity index (χ0) is 25.2. The smallest absolute Gasteiger partial charge is 0.421 e. The van der Waals surface area contributed by atoms with Gasteiger partial charge in [0, 0.05) is 29.3 Å². The fourth-order valence-corrected chi connectivity index (χ4v) is 3.92. The third-order valence-electron chi connectivity index (χ3n) is 5.44. The second kappa shape index (κ2) is 10.1. The van der Waals surface area contributed by atoms with Gasteiger partial charge in [-0.25, -0.2) is 18.7 Å². The van der Waals surface area contributed by atoms with Gasteiger partial charge >= 0.3 is 6.18 Å². The van der Waals surface area contributed by atoms with Crippen molar-refractivity contribution >= 4 is 28.3 Å². The van der Waals surface area contributed by atoms with Crippen molar-refractivity contribution in [2.45, 2.75) is 25.4 Å². The Balaban J connectivity index is 1.36. The summed E-state index contributed by atoms with van der Waals surface area (Å²) in [7, 11) is 1.12. The maximum atomic E-state index is 14.8. The van der Waals surface area contributed by atoms with E-state index >= 15 is 0 Å². The van der Waals surface area contributed by atoms with Gasteiger partial charge in [0.1, 0.15) is 28.0 Å². The quantitative estimate of drug-likeness (QED) is 0.197. The van der Waals surface area contributed by atoms with Crippen LogP contribution in [-0.2, 0) is 12.6 Å². The summed E-state index contributed by atoms with van der Waals surface area (Å²) < 4.78 is 73.4. The predicted molar refractivity (Wildman–Crippen MR) is 124 cm³/mol. The van der Waals surface area contributed by atoms with Crippen LogP contribution in [0.5, 0.6) is 5.88 Å². The van der Waals surface area contributed by atoms with E-state index in [1.807, 2.05) is 0 Å². The molecule has 184 valence electrons. The molecule has 0 bridgehead atoms. The molecule has 0 aliphatic heterocycles. The van der Waals surface area contributed by atoms with Gasteiger partial charge in [-0.1, -0.05) is 11.6 Å². The fourth-order valence-electron chi connectivity index (χ4n) is 3.72.